The molecule has 2 atom stereocenters. The molecular weight excluding hydrogens is 376 g/mol. The van der Waals surface area contributed by atoms with E-state index in [4.69, 9.17) is 4.98 Å². The predicted octanol–water partition coefficient (Wildman–Crippen LogP) is 3.86. The second-order valence-electron chi connectivity index (χ2n) is 9.75. The second kappa shape index (κ2) is 8.40. The van der Waals surface area contributed by atoms with Crippen LogP contribution in [0.5, 0.6) is 0 Å². The molecule has 0 aliphatic carbocycles. The third kappa shape index (κ3) is 3.96. The standard InChI is InChI=1S/C24H34N4O2/c1-16(2)13-26-15-18(12-22(26)29)24(30)27-11-7-10-21(27)23-25-19-8-5-6-9-20(19)28(23)14-17(3)4/h5-6,8-9,16-18,21H,7,10-15H2,1-4H3/t18-,21+/m0/s1. The normalized spacial score (nSPS) is 22.3. The summed E-state index contributed by atoms with van der Waals surface area (Å²) in [5.74, 6) is 1.92. The number of nitrogens with zero attached hydrogens (tertiary/aromatic N) is 4. The average Bonchev–Trinajstić information content (AvgIpc) is 3.39. The van der Waals surface area contributed by atoms with Crippen molar-refractivity contribution in [2.75, 3.05) is 19.6 Å². The first kappa shape index (κ1) is 20.9. The Bertz CT molecular complexity index is 932. The quantitative estimate of drug-likeness (QED) is 0.727. The molecule has 30 heavy (non-hydrogen) atoms. The summed E-state index contributed by atoms with van der Waals surface area (Å²) in [5, 5.41) is 0. The molecule has 1 aromatic heterocycles. The van der Waals surface area contributed by atoms with Gasteiger partial charge in [0.2, 0.25) is 11.8 Å². The van der Waals surface area contributed by atoms with Crippen molar-refractivity contribution < 1.29 is 9.59 Å². The van der Waals surface area contributed by atoms with Gasteiger partial charge in [0.1, 0.15) is 5.82 Å². The Morgan fingerprint density at radius 3 is 2.60 bits per heavy atom. The summed E-state index contributed by atoms with van der Waals surface area (Å²) < 4.78 is 2.31. The molecule has 4 rings (SSSR count). The number of likely N-dealkylation sites (tertiary alicyclic amines) is 2. The number of fused-ring (bicyclic) bond motifs is 1. The van der Waals surface area contributed by atoms with Gasteiger partial charge in [0.05, 0.1) is 23.0 Å². The summed E-state index contributed by atoms with van der Waals surface area (Å²) in [5.41, 5.74) is 2.13. The Hall–Kier alpha value is -2.37. The van der Waals surface area contributed by atoms with Crippen LogP contribution in [-0.4, -0.2) is 50.8 Å². The fourth-order valence-electron chi connectivity index (χ4n) is 4.99. The minimum Gasteiger partial charge on any atom is -0.342 e. The number of para-hydroxylation sites is 2. The molecule has 0 unspecified atom stereocenters. The fraction of sp³-hybridized carbons (Fsp3) is 0.625. The lowest BCUT2D eigenvalue weighted by atomic mass is 10.1. The van der Waals surface area contributed by atoms with E-state index in [0.29, 0.717) is 24.8 Å². The molecule has 2 saturated heterocycles. The summed E-state index contributed by atoms with van der Waals surface area (Å²) in [6.45, 7) is 11.6. The lowest BCUT2D eigenvalue weighted by molar-refractivity contribution is -0.137. The van der Waals surface area contributed by atoms with Crippen LogP contribution in [0.25, 0.3) is 11.0 Å². The number of benzene rings is 1. The Labute approximate surface area is 179 Å². The van der Waals surface area contributed by atoms with Gasteiger partial charge in [-0.1, -0.05) is 39.8 Å². The largest absolute Gasteiger partial charge is 0.342 e. The van der Waals surface area contributed by atoms with E-state index in [-0.39, 0.29) is 23.8 Å². The van der Waals surface area contributed by atoms with Crippen LogP contribution in [0.15, 0.2) is 24.3 Å². The zero-order chi connectivity index (χ0) is 21.4. The molecule has 0 saturated carbocycles. The number of carbonyl (C=O) groups excluding carboxylic acids is 2. The number of imidazole rings is 1. The van der Waals surface area contributed by atoms with Gasteiger partial charge in [0, 0.05) is 32.6 Å². The molecule has 2 amide bonds. The molecule has 3 heterocycles. The lowest BCUT2D eigenvalue weighted by Gasteiger charge is -2.28. The van der Waals surface area contributed by atoms with Gasteiger partial charge in [-0.15, -0.1) is 0 Å². The maximum absolute atomic E-state index is 13.5. The third-order valence-electron chi connectivity index (χ3n) is 6.21. The van der Waals surface area contributed by atoms with E-state index in [2.05, 4.69) is 50.5 Å². The number of rotatable bonds is 6. The molecule has 6 heteroatoms. The first-order valence-electron chi connectivity index (χ1n) is 11.4. The van der Waals surface area contributed by atoms with Gasteiger partial charge in [0.15, 0.2) is 0 Å². The highest BCUT2D eigenvalue weighted by atomic mass is 16.2. The van der Waals surface area contributed by atoms with Gasteiger partial charge in [-0.25, -0.2) is 4.98 Å². The molecule has 0 spiro atoms. The first-order chi connectivity index (χ1) is 14.3. The van der Waals surface area contributed by atoms with Crippen LogP contribution in [0, 0.1) is 17.8 Å². The van der Waals surface area contributed by atoms with Crippen molar-refractivity contribution in [3.8, 4) is 0 Å². The zero-order valence-electron chi connectivity index (χ0n) is 18.7. The fourth-order valence-corrected chi connectivity index (χ4v) is 4.99. The Kier molecular flexibility index (Phi) is 5.85. The second-order valence-corrected chi connectivity index (χ2v) is 9.75. The molecule has 162 valence electrons. The van der Waals surface area contributed by atoms with Gasteiger partial charge < -0.3 is 14.4 Å². The number of hydrogen-bond donors (Lipinski definition) is 0. The van der Waals surface area contributed by atoms with E-state index in [9.17, 15) is 9.59 Å². The van der Waals surface area contributed by atoms with Gasteiger partial charge in [-0.3, -0.25) is 9.59 Å². The van der Waals surface area contributed by atoms with E-state index in [1.807, 2.05) is 15.9 Å². The van der Waals surface area contributed by atoms with Crippen molar-refractivity contribution in [3.63, 3.8) is 0 Å². The van der Waals surface area contributed by atoms with E-state index in [1.54, 1.807) is 0 Å². The number of aromatic nitrogens is 2. The SMILES string of the molecule is CC(C)CN1C[C@@H](C(=O)N2CCC[C@@H]2c2nc3ccccc3n2CC(C)C)CC1=O. The molecule has 2 aliphatic heterocycles. The smallest absolute Gasteiger partial charge is 0.228 e. The minimum atomic E-state index is -0.222. The molecule has 2 fully saturated rings. The molecule has 6 nitrogen and oxygen atoms in total. The Morgan fingerprint density at radius 2 is 1.87 bits per heavy atom. The van der Waals surface area contributed by atoms with Crippen molar-refractivity contribution >= 4 is 22.8 Å². The van der Waals surface area contributed by atoms with Crippen molar-refractivity contribution in [1.82, 2.24) is 19.4 Å². The van der Waals surface area contributed by atoms with Crippen molar-refractivity contribution in [2.45, 2.75) is 59.5 Å². The molecule has 0 radical (unpaired) electrons. The van der Waals surface area contributed by atoms with Gasteiger partial charge >= 0.3 is 0 Å². The highest BCUT2D eigenvalue weighted by Crippen LogP contribution is 2.36. The Morgan fingerprint density at radius 1 is 1.13 bits per heavy atom. The van der Waals surface area contributed by atoms with Gasteiger partial charge in [0.25, 0.3) is 0 Å². The summed E-state index contributed by atoms with van der Waals surface area (Å²) in [6, 6.07) is 8.24. The van der Waals surface area contributed by atoms with Crippen LogP contribution in [0.3, 0.4) is 0 Å². The van der Waals surface area contributed by atoms with E-state index in [1.165, 1.54) is 0 Å². The van der Waals surface area contributed by atoms with Crippen molar-refractivity contribution in [2.24, 2.45) is 17.8 Å². The minimum absolute atomic E-state index is 0.00194. The van der Waals surface area contributed by atoms with Crippen LogP contribution in [0.1, 0.15) is 58.8 Å². The van der Waals surface area contributed by atoms with Crippen LogP contribution in [-0.2, 0) is 16.1 Å². The highest BCUT2D eigenvalue weighted by molar-refractivity contribution is 5.89. The van der Waals surface area contributed by atoms with E-state index < -0.39 is 0 Å². The van der Waals surface area contributed by atoms with Gasteiger partial charge in [-0.05, 0) is 36.8 Å². The maximum atomic E-state index is 13.5. The van der Waals surface area contributed by atoms with Crippen LogP contribution >= 0.6 is 0 Å². The number of amides is 2. The summed E-state index contributed by atoms with van der Waals surface area (Å²) in [6.07, 6.45) is 2.26. The predicted molar refractivity (Wildman–Crippen MR) is 118 cm³/mol. The van der Waals surface area contributed by atoms with Crippen molar-refractivity contribution in [1.29, 1.82) is 0 Å². The molecule has 0 bridgehead atoms. The topological polar surface area (TPSA) is 58.4 Å². The van der Waals surface area contributed by atoms with Crippen molar-refractivity contribution in [3.05, 3.63) is 30.1 Å². The first-order valence-corrected chi connectivity index (χ1v) is 11.4. The summed E-state index contributed by atoms with van der Waals surface area (Å²) in [4.78, 5) is 34.7. The molecule has 2 aliphatic rings. The summed E-state index contributed by atoms with van der Waals surface area (Å²) >= 11 is 0. The van der Waals surface area contributed by atoms with E-state index in [0.717, 1.165) is 49.3 Å². The monoisotopic (exact) mass is 410 g/mol. The number of carbonyl (C=O) groups is 2. The highest BCUT2D eigenvalue weighted by Gasteiger charge is 2.41. The average molecular weight is 411 g/mol. The molecule has 2 aromatic rings. The lowest BCUT2D eigenvalue weighted by Crippen LogP contribution is -2.38. The molecule has 0 N–H and O–H groups in total. The van der Waals surface area contributed by atoms with Crippen LogP contribution < -0.4 is 0 Å². The number of hydrogen-bond acceptors (Lipinski definition) is 3. The molecule has 1 aromatic carbocycles. The third-order valence-corrected chi connectivity index (χ3v) is 6.21. The Balaban J connectivity index is 1.60. The summed E-state index contributed by atoms with van der Waals surface area (Å²) in [7, 11) is 0. The zero-order valence-corrected chi connectivity index (χ0v) is 18.7. The van der Waals surface area contributed by atoms with Crippen LogP contribution in [0.4, 0.5) is 0 Å². The molecular formula is C24H34N4O2. The van der Waals surface area contributed by atoms with Crippen LogP contribution in [0.2, 0.25) is 0 Å². The maximum Gasteiger partial charge on any atom is 0.228 e. The van der Waals surface area contributed by atoms with Gasteiger partial charge in [-0.2, -0.15) is 0 Å². The van der Waals surface area contributed by atoms with E-state index >= 15 is 0 Å².